The Balaban J connectivity index is 1.19. The van der Waals surface area contributed by atoms with Gasteiger partial charge in [0.2, 0.25) is 0 Å². The number of rotatable bonds is 4. The number of hydrogen-bond acceptors (Lipinski definition) is 3. The number of carbonyl (C=O) groups is 3. The van der Waals surface area contributed by atoms with Crippen LogP contribution in [0, 0.1) is 24.7 Å². The molecular formula is C32H30ClN3O3. The molecule has 2 aromatic carbocycles. The van der Waals surface area contributed by atoms with E-state index in [1.54, 1.807) is 0 Å². The number of nitrogens with one attached hydrogen (secondary N) is 1. The number of benzene rings is 2. The average molecular weight is 540 g/mol. The van der Waals surface area contributed by atoms with Crippen LogP contribution in [0.25, 0.3) is 11.8 Å². The zero-order valence-corrected chi connectivity index (χ0v) is 22.6. The second-order valence-electron chi connectivity index (χ2n) is 11.9. The van der Waals surface area contributed by atoms with Crippen LogP contribution in [0.2, 0.25) is 5.02 Å². The van der Waals surface area contributed by atoms with Gasteiger partial charge in [0, 0.05) is 22.6 Å². The number of imide groups is 2. The molecule has 4 bridgehead atoms. The molecule has 198 valence electrons. The maximum absolute atomic E-state index is 13.6. The molecule has 1 aromatic heterocycles. The van der Waals surface area contributed by atoms with Gasteiger partial charge in [0.05, 0.1) is 5.69 Å². The van der Waals surface area contributed by atoms with Crippen molar-refractivity contribution in [3.8, 4) is 5.69 Å². The zero-order chi connectivity index (χ0) is 26.9. The summed E-state index contributed by atoms with van der Waals surface area (Å²) in [6.07, 6.45) is 11.2. The van der Waals surface area contributed by atoms with Crippen LogP contribution in [-0.4, -0.2) is 22.4 Å². The Bertz CT molecular complexity index is 1520. The predicted octanol–water partition coefficient (Wildman–Crippen LogP) is 6.57. The quantitative estimate of drug-likeness (QED) is 0.301. The summed E-state index contributed by atoms with van der Waals surface area (Å²) < 4.78 is 1.85. The summed E-state index contributed by atoms with van der Waals surface area (Å²) in [5.41, 5.74) is 4.30. The summed E-state index contributed by atoms with van der Waals surface area (Å²) in [5.74, 6) is 1.15. The number of barbiturate groups is 1. The fourth-order valence-corrected chi connectivity index (χ4v) is 8.12. The summed E-state index contributed by atoms with van der Waals surface area (Å²) in [5, 5.41) is 2.97. The first-order valence-electron chi connectivity index (χ1n) is 13.8. The van der Waals surface area contributed by atoms with Gasteiger partial charge in [-0.2, -0.15) is 0 Å². The van der Waals surface area contributed by atoms with Gasteiger partial charge >= 0.3 is 6.03 Å². The van der Waals surface area contributed by atoms with Gasteiger partial charge in [-0.25, -0.2) is 9.69 Å². The molecule has 5 aliphatic rings. The lowest BCUT2D eigenvalue weighted by Crippen LogP contribution is -2.54. The molecule has 1 saturated heterocycles. The van der Waals surface area contributed by atoms with Crippen molar-refractivity contribution in [1.29, 1.82) is 0 Å². The summed E-state index contributed by atoms with van der Waals surface area (Å²) in [6.45, 7) is 1.93. The fraction of sp³-hybridized carbons (Fsp3) is 0.344. The highest BCUT2D eigenvalue weighted by Crippen LogP contribution is 2.60. The molecule has 5 fully saturated rings. The normalized spacial score (nSPS) is 28.9. The summed E-state index contributed by atoms with van der Waals surface area (Å²) in [6, 6.07) is 16.5. The number of urea groups is 1. The van der Waals surface area contributed by atoms with E-state index in [9.17, 15) is 14.4 Å². The standard InChI is InChI=1S/C32H30ClN3O3/c1-19-4-7-26(15-28(19)33)35-10-2-3-25(35)14-27-29(37)34-31(39)36(30(27)38)24-8-5-23(6-9-24)32-16-20-11-21(17-32)13-22(12-20)18-32/h2-10,14-15,20-22H,11-13,16-18H2,1H3,(H,34,37,39)/b27-14+. The molecule has 4 amide bonds. The molecule has 0 unspecified atom stereocenters. The van der Waals surface area contributed by atoms with Crippen LogP contribution in [0.1, 0.15) is 55.3 Å². The lowest BCUT2D eigenvalue weighted by atomic mass is 9.48. The highest BCUT2D eigenvalue weighted by molar-refractivity contribution is 6.39. The average Bonchev–Trinajstić information content (AvgIpc) is 3.36. The van der Waals surface area contributed by atoms with Crippen molar-refractivity contribution in [3.05, 3.63) is 88.2 Å². The first kappa shape index (κ1) is 24.4. The number of aromatic nitrogens is 1. The maximum atomic E-state index is 13.6. The molecule has 2 heterocycles. The van der Waals surface area contributed by atoms with Crippen LogP contribution < -0.4 is 10.2 Å². The SMILES string of the molecule is Cc1ccc(-n2cccc2/C=C2\C(=O)NC(=O)N(c3ccc(C45CC6CC(CC(C6)C4)C5)cc3)C2=O)cc1Cl. The first-order chi connectivity index (χ1) is 18.8. The van der Waals surface area contributed by atoms with Gasteiger partial charge in [0.1, 0.15) is 5.57 Å². The minimum Gasteiger partial charge on any atom is -0.317 e. The second-order valence-corrected chi connectivity index (χ2v) is 12.3. The highest BCUT2D eigenvalue weighted by Gasteiger charge is 2.51. The van der Waals surface area contributed by atoms with E-state index in [1.807, 2.05) is 60.2 Å². The van der Waals surface area contributed by atoms with Gasteiger partial charge in [-0.05, 0) is 122 Å². The van der Waals surface area contributed by atoms with Crippen LogP contribution in [0.3, 0.4) is 0 Å². The Morgan fingerprint density at radius 3 is 2.18 bits per heavy atom. The van der Waals surface area contributed by atoms with Crippen LogP contribution >= 0.6 is 11.6 Å². The molecule has 0 radical (unpaired) electrons. The lowest BCUT2D eigenvalue weighted by Gasteiger charge is -2.57. The largest absolute Gasteiger partial charge is 0.335 e. The lowest BCUT2D eigenvalue weighted by molar-refractivity contribution is -0.122. The van der Waals surface area contributed by atoms with Crippen molar-refractivity contribution in [1.82, 2.24) is 9.88 Å². The fourth-order valence-electron chi connectivity index (χ4n) is 7.95. The Labute approximate surface area is 232 Å². The van der Waals surface area contributed by atoms with Crippen LogP contribution in [0.4, 0.5) is 10.5 Å². The van der Waals surface area contributed by atoms with Gasteiger partial charge in [0.25, 0.3) is 11.8 Å². The number of nitrogens with zero attached hydrogens (tertiary/aromatic N) is 2. The van der Waals surface area contributed by atoms with Crippen LogP contribution in [0.5, 0.6) is 0 Å². The summed E-state index contributed by atoms with van der Waals surface area (Å²) in [7, 11) is 0. The van der Waals surface area contributed by atoms with Crippen molar-refractivity contribution in [2.45, 2.75) is 50.9 Å². The van der Waals surface area contributed by atoms with Crippen molar-refractivity contribution in [3.63, 3.8) is 0 Å². The van der Waals surface area contributed by atoms with Crippen molar-refractivity contribution >= 4 is 41.2 Å². The number of carbonyl (C=O) groups excluding carboxylic acids is 3. The number of hydrogen-bond donors (Lipinski definition) is 1. The molecule has 7 heteroatoms. The van der Waals surface area contributed by atoms with Crippen LogP contribution in [0.15, 0.2) is 66.4 Å². The monoisotopic (exact) mass is 539 g/mol. The van der Waals surface area contributed by atoms with Crippen molar-refractivity contribution in [2.24, 2.45) is 17.8 Å². The number of amides is 4. The number of anilines is 1. The van der Waals surface area contributed by atoms with E-state index in [-0.39, 0.29) is 11.0 Å². The maximum Gasteiger partial charge on any atom is 0.335 e. The molecule has 8 rings (SSSR count). The van der Waals surface area contributed by atoms with E-state index in [1.165, 1.54) is 50.2 Å². The van der Waals surface area contributed by atoms with Gasteiger partial charge in [-0.15, -0.1) is 0 Å². The van der Waals surface area contributed by atoms with E-state index in [2.05, 4.69) is 17.4 Å². The molecule has 4 aliphatic carbocycles. The Morgan fingerprint density at radius 1 is 0.897 bits per heavy atom. The molecule has 3 aromatic rings. The molecule has 1 N–H and O–H groups in total. The van der Waals surface area contributed by atoms with Gasteiger partial charge in [-0.3, -0.25) is 14.9 Å². The van der Waals surface area contributed by atoms with Gasteiger partial charge in [0.15, 0.2) is 0 Å². The minimum atomic E-state index is -0.731. The van der Waals surface area contributed by atoms with Crippen LogP contribution in [-0.2, 0) is 15.0 Å². The van der Waals surface area contributed by atoms with Crippen molar-refractivity contribution in [2.75, 3.05) is 4.90 Å². The Kier molecular flexibility index (Phi) is 5.60. The van der Waals surface area contributed by atoms with E-state index in [0.29, 0.717) is 16.4 Å². The topological polar surface area (TPSA) is 71.4 Å². The molecule has 0 atom stereocenters. The van der Waals surface area contributed by atoms with E-state index in [0.717, 1.165) is 33.9 Å². The summed E-state index contributed by atoms with van der Waals surface area (Å²) in [4.78, 5) is 40.3. The second kappa shape index (κ2) is 8.95. The first-order valence-corrected chi connectivity index (χ1v) is 14.1. The molecule has 0 spiro atoms. The molecule has 6 nitrogen and oxygen atoms in total. The Morgan fingerprint density at radius 2 is 1.54 bits per heavy atom. The molecule has 1 aliphatic heterocycles. The van der Waals surface area contributed by atoms with Gasteiger partial charge in [-0.1, -0.05) is 29.8 Å². The molecule has 39 heavy (non-hydrogen) atoms. The van der Waals surface area contributed by atoms with Crippen molar-refractivity contribution < 1.29 is 14.4 Å². The third-order valence-corrected chi connectivity index (χ3v) is 9.79. The molecular weight excluding hydrogens is 510 g/mol. The zero-order valence-electron chi connectivity index (χ0n) is 21.8. The van der Waals surface area contributed by atoms with E-state index in [4.69, 9.17) is 11.6 Å². The van der Waals surface area contributed by atoms with E-state index >= 15 is 0 Å². The highest BCUT2D eigenvalue weighted by atomic mass is 35.5. The Hall–Kier alpha value is -3.64. The van der Waals surface area contributed by atoms with E-state index < -0.39 is 17.8 Å². The molecule has 4 saturated carbocycles. The number of aryl methyl sites for hydroxylation is 1. The predicted molar refractivity (Wildman–Crippen MR) is 151 cm³/mol. The smallest absolute Gasteiger partial charge is 0.317 e. The number of halogens is 1. The third kappa shape index (κ3) is 4.04. The summed E-state index contributed by atoms with van der Waals surface area (Å²) >= 11 is 6.33. The minimum absolute atomic E-state index is 0.0991. The van der Waals surface area contributed by atoms with Gasteiger partial charge < -0.3 is 4.57 Å². The third-order valence-electron chi connectivity index (χ3n) is 9.38.